The fraction of sp³-hybridized carbons (Fsp3) is 0.500. The summed E-state index contributed by atoms with van der Waals surface area (Å²) < 4.78 is 7.93. The highest BCUT2D eigenvalue weighted by atomic mass is 79.9. The highest BCUT2D eigenvalue weighted by Gasteiger charge is 2.18. The lowest BCUT2D eigenvalue weighted by Crippen LogP contribution is -2.10. The van der Waals surface area contributed by atoms with Gasteiger partial charge >= 0.3 is 5.97 Å². The van der Waals surface area contributed by atoms with Crippen molar-refractivity contribution in [1.29, 1.82) is 0 Å². The number of ether oxygens (including phenoxy) is 1. The first-order valence-corrected chi connectivity index (χ1v) is 10.5. The molecule has 22 heavy (non-hydrogen) atoms. The van der Waals surface area contributed by atoms with Crippen LogP contribution >= 0.6 is 26.0 Å². The van der Waals surface area contributed by atoms with Gasteiger partial charge in [-0.1, -0.05) is 0 Å². The summed E-state index contributed by atoms with van der Waals surface area (Å²) >= 11 is 3.29. The predicted molar refractivity (Wildman–Crippen MR) is 93.1 cm³/mol. The first-order chi connectivity index (χ1) is 10.2. The number of fused-ring (bicyclic) bond motifs is 1. The SMILES string of the molecule is Cc1nc2c(nc1Br)c(C(=O)O)cn2COCCS(C)(C)C. The van der Waals surface area contributed by atoms with Crippen molar-refractivity contribution < 1.29 is 14.6 Å². The predicted octanol–water partition coefficient (Wildman–Crippen LogP) is 2.87. The minimum Gasteiger partial charge on any atom is -0.478 e. The molecule has 8 heteroatoms. The van der Waals surface area contributed by atoms with Gasteiger partial charge in [-0.2, -0.15) is 0 Å². The van der Waals surface area contributed by atoms with Crippen LogP contribution in [0, 0.1) is 6.92 Å². The number of carboxylic acid groups (broad SMARTS) is 1. The lowest BCUT2D eigenvalue weighted by molar-refractivity contribution is 0.0696. The standard InChI is InChI=1S/C14H20BrN3O3S/c1-9-12(15)17-11-10(14(19)20)7-18(13(11)16-9)8-21-5-6-22(2,3)4/h7H,5-6,8H2,1-4H3,(H,19,20). The Balaban J connectivity index is 2.26. The Morgan fingerprint density at radius 3 is 2.68 bits per heavy atom. The van der Waals surface area contributed by atoms with Gasteiger partial charge in [-0.3, -0.25) is 0 Å². The fourth-order valence-electron chi connectivity index (χ4n) is 1.87. The molecule has 1 N–H and O–H groups in total. The van der Waals surface area contributed by atoms with Crippen LogP contribution in [-0.2, 0) is 11.5 Å². The highest BCUT2D eigenvalue weighted by molar-refractivity contribution is 9.10. The van der Waals surface area contributed by atoms with Crippen LogP contribution < -0.4 is 0 Å². The van der Waals surface area contributed by atoms with Crippen LogP contribution in [0.3, 0.4) is 0 Å². The number of nitrogens with zero attached hydrogens (tertiary/aromatic N) is 3. The molecule has 0 saturated heterocycles. The second-order valence-corrected chi connectivity index (χ2v) is 11.3. The van der Waals surface area contributed by atoms with Gasteiger partial charge in [-0.25, -0.2) is 24.8 Å². The zero-order valence-electron chi connectivity index (χ0n) is 13.1. The molecule has 0 amide bonds. The van der Waals surface area contributed by atoms with Crippen LogP contribution in [0.2, 0.25) is 0 Å². The third-order valence-corrected chi connectivity index (χ3v) is 5.25. The van der Waals surface area contributed by atoms with Gasteiger partial charge in [0.1, 0.15) is 22.4 Å². The van der Waals surface area contributed by atoms with Crippen molar-refractivity contribution in [2.24, 2.45) is 0 Å². The number of carboxylic acids is 1. The van der Waals surface area contributed by atoms with E-state index in [4.69, 9.17) is 4.74 Å². The van der Waals surface area contributed by atoms with Crippen molar-refractivity contribution >= 4 is 43.1 Å². The van der Waals surface area contributed by atoms with E-state index in [0.717, 1.165) is 5.75 Å². The molecule has 0 fully saturated rings. The Labute approximate surface area is 139 Å². The summed E-state index contributed by atoms with van der Waals surface area (Å²) in [5, 5.41) is 9.30. The highest BCUT2D eigenvalue weighted by Crippen LogP contribution is 2.33. The molecular weight excluding hydrogens is 370 g/mol. The van der Waals surface area contributed by atoms with Gasteiger partial charge in [0.2, 0.25) is 0 Å². The summed E-state index contributed by atoms with van der Waals surface area (Å²) in [5.41, 5.74) is 1.74. The molecule has 0 aromatic carbocycles. The van der Waals surface area contributed by atoms with Gasteiger partial charge in [0.25, 0.3) is 0 Å². The molecule has 0 bridgehead atoms. The van der Waals surface area contributed by atoms with Crippen molar-refractivity contribution in [3.8, 4) is 0 Å². The van der Waals surface area contributed by atoms with Gasteiger partial charge in [-0.15, -0.1) is 0 Å². The second kappa shape index (κ2) is 6.55. The smallest absolute Gasteiger partial charge is 0.339 e. The summed E-state index contributed by atoms with van der Waals surface area (Å²) in [6.45, 7) is 2.73. The quantitative estimate of drug-likeness (QED) is 0.768. The maximum Gasteiger partial charge on any atom is 0.339 e. The molecule has 2 rings (SSSR count). The molecule has 122 valence electrons. The van der Waals surface area contributed by atoms with E-state index in [2.05, 4.69) is 44.7 Å². The van der Waals surface area contributed by atoms with E-state index in [0.29, 0.717) is 28.1 Å². The number of hydrogen-bond acceptors (Lipinski definition) is 4. The molecule has 2 heterocycles. The fourth-order valence-corrected chi connectivity index (χ4v) is 2.76. The third-order valence-electron chi connectivity index (χ3n) is 3.11. The molecule has 2 aromatic rings. The summed E-state index contributed by atoms with van der Waals surface area (Å²) in [6.07, 6.45) is 8.23. The van der Waals surface area contributed by atoms with E-state index in [1.54, 1.807) is 4.57 Å². The molecule has 0 aliphatic heterocycles. The average Bonchev–Trinajstić information content (AvgIpc) is 2.73. The minimum absolute atomic E-state index is 0.133. The lowest BCUT2D eigenvalue weighted by Gasteiger charge is -2.24. The molecule has 0 atom stereocenters. The summed E-state index contributed by atoms with van der Waals surface area (Å²) in [6, 6.07) is 0. The largest absolute Gasteiger partial charge is 0.478 e. The van der Waals surface area contributed by atoms with Gasteiger partial charge in [-0.05, 0) is 41.6 Å². The van der Waals surface area contributed by atoms with E-state index in [1.165, 1.54) is 6.20 Å². The molecule has 2 aromatic heterocycles. The molecule has 0 radical (unpaired) electrons. The third kappa shape index (κ3) is 3.99. The van der Waals surface area contributed by atoms with E-state index in [9.17, 15) is 9.90 Å². The van der Waals surface area contributed by atoms with E-state index in [-0.39, 0.29) is 12.3 Å². The Kier molecular flexibility index (Phi) is 5.14. The number of hydrogen-bond donors (Lipinski definition) is 1. The topological polar surface area (TPSA) is 77.2 Å². The Hall–Kier alpha value is -1.12. The Morgan fingerprint density at radius 1 is 1.41 bits per heavy atom. The van der Waals surface area contributed by atoms with Crippen LogP contribution in [0.1, 0.15) is 16.1 Å². The zero-order valence-corrected chi connectivity index (χ0v) is 15.5. The van der Waals surface area contributed by atoms with Gasteiger partial charge in [0.15, 0.2) is 5.65 Å². The monoisotopic (exact) mass is 389 g/mol. The van der Waals surface area contributed by atoms with Gasteiger partial charge in [0.05, 0.1) is 12.3 Å². The number of aromatic nitrogens is 3. The van der Waals surface area contributed by atoms with Crippen molar-refractivity contribution in [3.05, 3.63) is 22.1 Å². The van der Waals surface area contributed by atoms with Gasteiger partial charge in [0, 0.05) is 11.9 Å². The lowest BCUT2D eigenvalue weighted by atomic mass is 10.3. The minimum atomic E-state index is -1.02. The molecular formula is C14H20BrN3O3S. The van der Waals surface area contributed by atoms with E-state index < -0.39 is 16.0 Å². The van der Waals surface area contributed by atoms with Crippen LogP contribution in [0.15, 0.2) is 10.8 Å². The van der Waals surface area contributed by atoms with Crippen LogP contribution in [-0.4, -0.2) is 56.7 Å². The first kappa shape index (κ1) is 17.2. The van der Waals surface area contributed by atoms with Crippen LogP contribution in [0.4, 0.5) is 0 Å². The van der Waals surface area contributed by atoms with Gasteiger partial charge < -0.3 is 14.4 Å². The second-order valence-electron chi connectivity index (χ2n) is 5.92. The van der Waals surface area contributed by atoms with Crippen molar-refractivity contribution in [1.82, 2.24) is 14.5 Å². The molecule has 0 aliphatic carbocycles. The zero-order chi connectivity index (χ0) is 16.5. The summed E-state index contributed by atoms with van der Waals surface area (Å²) in [5.74, 6) is -0.0122. The molecule has 6 nitrogen and oxygen atoms in total. The molecule has 0 spiro atoms. The summed E-state index contributed by atoms with van der Waals surface area (Å²) in [7, 11) is -0.604. The van der Waals surface area contributed by atoms with Crippen LogP contribution in [0.25, 0.3) is 11.2 Å². The Bertz CT molecular complexity index is 709. The number of carbonyl (C=O) groups is 1. The maximum atomic E-state index is 11.4. The van der Waals surface area contributed by atoms with Crippen molar-refractivity contribution in [2.45, 2.75) is 13.7 Å². The van der Waals surface area contributed by atoms with E-state index in [1.807, 2.05) is 6.92 Å². The number of rotatable bonds is 6. The molecule has 0 saturated carbocycles. The summed E-state index contributed by atoms with van der Waals surface area (Å²) in [4.78, 5) is 20.1. The first-order valence-electron chi connectivity index (χ1n) is 6.69. The van der Waals surface area contributed by atoms with Crippen LogP contribution in [0.5, 0.6) is 0 Å². The number of aromatic carboxylic acids is 1. The normalized spacial score (nSPS) is 12.8. The number of halogens is 1. The van der Waals surface area contributed by atoms with Crippen molar-refractivity contribution in [3.63, 3.8) is 0 Å². The average molecular weight is 390 g/mol. The van der Waals surface area contributed by atoms with Crippen molar-refractivity contribution in [2.75, 3.05) is 31.1 Å². The van der Waals surface area contributed by atoms with E-state index >= 15 is 0 Å². The molecule has 0 unspecified atom stereocenters. The number of aryl methyl sites for hydroxylation is 1. The maximum absolute atomic E-state index is 11.4. The Morgan fingerprint density at radius 2 is 2.09 bits per heavy atom. The molecule has 0 aliphatic rings.